The van der Waals surface area contributed by atoms with Crippen LogP contribution >= 0.6 is 0 Å². The van der Waals surface area contributed by atoms with E-state index >= 15 is 0 Å². The molecule has 1 aromatic heterocycles. The lowest BCUT2D eigenvalue weighted by Crippen LogP contribution is -2.38. The molecule has 0 bridgehead atoms. The molecule has 0 saturated heterocycles. The summed E-state index contributed by atoms with van der Waals surface area (Å²) in [7, 11) is 0. The number of carbonyl (C=O) groups excluding carboxylic acids is 2. The first kappa shape index (κ1) is 20.7. The third-order valence-corrected chi connectivity index (χ3v) is 5.63. The van der Waals surface area contributed by atoms with Crippen LogP contribution in [0.15, 0.2) is 59.4 Å². The van der Waals surface area contributed by atoms with Gasteiger partial charge in [-0.2, -0.15) is 5.10 Å². The maximum absolute atomic E-state index is 13.2. The van der Waals surface area contributed by atoms with Gasteiger partial charge in [0.2, 0.25) is 5.91 Å². The largest absolute Gasteiger partial charge is 0.486 e. The van der Waals surface area contributed by atoms with Crippen molar-refractivity contribution in [1.82, 2.24) is 9.78 Å². The quantitative estimate of drug-likeness (QED) is 0.660. The molecule has 2 aliphatic rings. The van der Waals surface area contributed by atoms with E-state index in [0.717, 1.165) is 22.4 Å². The van der Waals surface area contributed by atoms with Crippen LogP contribution in [0.3, 0.4) is 0 Å². The number of fused-ring (bicyclic) bond motifs is 2. The molecule has 2 amide bonds. The van der Waals surface area contributed by atoms with Crippen LogP contribution in [0, 0.1) is 0 Å². The zero-order valence-corrected chi connectivity index (χ0v) is 18.0. The summed E-state index contributed by atoms with van der Waals surface area (Å²) in [6.07, 6.45) is 0.749. The van der Waals surface area contributed by atoms with Crippen molar-refractivity contribution in [2.24, 2.45) is 0 Å². The van der Waals surface area contributed by atoms with Crippen LogP contribution in [-0.4, -0.2) is 40.9 Å². The molecular formula is C24H22N4O5. The highest BCUT2D eigenvalue weighted by Gasteiger charge is 2.32. The summed E-state index contributed by atoms with van der Waals surface area (Å²) in [5.41, 5.74) is 2.06. The minimum atomic E-state index is -0.473. The van der Waals surface area contributed by atoms with E-state index in [0.29, 0.717) is 30.4 Å². The number of benzene rings is 2. The fourth-order valence-electron chi connectivity index (χ4n) is 4.13. The molecule has 9 heteroatoms. The summed E-state index contributed by atoms with van der Waals surface area (Å²) in [6, 6.07) is 15.4. The average molecular weight is 446 g/mol. The fraction of sp³-hybridized carbons (Fsp3) is 0.250. The van der Waals surface area contributed by atoms with Gasteiger partial charge in [-0.05, 0) is 43.2 Å². The van der Waals surface area contributed by atoms with Crippen LogP contribution in [0.4, 0.5) is 11.4 Å². The number of rotatable bonds is 4. The van der Waals surface area contributed by atoms with Gasteiger partial charge < -0.3 is 19.7 Å². The molecule has 0 aliphatic carbocycles. The van der Waals surface area contributed by atoms with Crippen molar-refractivity contribution in [2.75, 3.05) is 23.4 Å². The third-order valence-electron chi connectivity index (χ3n) is 5.63. The van der Waals surface area contributed by atoms with Gasteiger partial charge in [-0.1, -0.05) is 18.2 Å². The molecule has 0 saturated carbocycles. The molecule has 0 spiro atoms. The van der Waals surface area contributed by atoms with E-state index in [4.69, 9.17) is 9.47 Å². The van der Waals surface area contributed by atoms with Crippen LogP contribution in [-0.2, 0) is 17.8 Å². The number of amides is 2. The second kappa shape index (κ2) is 8.42. The van der Waals surface area contributed by atoms with Gasteiger partial charge in [0.1, 0.15) is 25.5 Å². The molecule has 3 heterocycles. The smallest absolute Gasteiger partial charge is 0.278 e. The monoisotopic (exact) mass is 446 g/mol. The van der Waals surface area contributed by atoms with E-state index in [1.165, 1.54) is 12.1 Å². The number of ether oxygens (including phenoxy) is 2. The van der Waals surface area contributed by atoms with E-state index in [1.807, 2.05) is 31.2 Å². The van der Waals surface area contributed by atoms with E-state index < -0.39 is 11.5 Å². The van der Waals surface area contributed by atoms with Crippen molar-refractivity contribution in [3.8, 4) is 11.5 Å². The maximum atomic E-state index is 13.2. The van der Waals surface area contributed by atoms with E-state index in [-0.39, 0.29) is 24.2 Å². The Morgan fingerprint density at radius 2 is 1.85 bits per heavy atom. The number of hydrogen-bond donors (Lipinski definition) is 1. The molecular weight excluding hydrogens is 424 g/mol. The SMILES string of the molecule is C[C@H]1Cc2ccccc2N1C(=O)c1ccc(=O)n(CC(=O)Nc2ccc3c(c2)OCCO3)n1. The summed E-state index contributed by atoms with van der Waals surface area (Å²) in [5.74, 6) is 0.391. The number of para-hydroxylation sites is 1. The Bertz CT molecular complexity index is 1300. The normalized spacial score (nSPS) is 16.3. The van der Waals surface area contributed by atoms with Crippen molar-refractivity contribution in [3.63, 3.8) is 0 Å². The van der Waals surface area contributed by atoms with E-state index in [1.54, 1.807) is 23.1 Å². The summed E-state index contributed by atoms with van der Waals surface area (Å²) in [5, 5.41) is 6.91. The second-order valence-electron chi connectivity index (χ2n) is 7.98. The summed E-state index contributed by atoms with van der Waals surface area (Å²) < 4.78 is 12.0. The minimum Gasteiger partial charge on any atom is -0.486 e. The molecule has 33 heavy (non-hydrogen) atoms. The van der Waals surface area contributed by atoms with Crippen molar-refractivity contribution in [3.05, 3.63) is 76.2 Å². The van der Waals surface area contributed by atoms with Gasteiger partial charge in [0, 0.05) is 29.5 Å². The number of anilines is 2. The Kier molecular flexibility index (Phi) is 5.29. The van der Waals surface area contributed by atoms with Crippen molar-refractivity contribution >= 4 is 23.2 Å². The summed E-state index contributed by atoms with van der Waals surface area (Å²) in [4.78, 5) is 39.8. The Balaban J connectivity index is 1.33. The highest BCUT2D eigenvalue weighted by molar-refractivity contribution is 6.06. The Hall–Kier alpha value is -4.14. The maximum Gasteiger partial charge on any atom is 0.278 e. The highest BCUT2D eigenvalue weighted by Crippen LogP contribution is 2.33. The van der Waals surface area contributed by atoms with Gasteiger partial charge in [-0.25, -0.2) is 4.68 Å². The van der Waals surface area contributed by atoms with Gasteiger partial charge in [0.05, 0.1) is 0 Å². The van der Waals surface area contributed by atoms with Gasteiger partial charge >= 0.3 is 0 Å². The van der Waals surface area contributed by atoms with Crippen molar-refractivity contribution < 1.29 is 19.1 Å². The molecule has 2 aliphatic heterocycles. The second-order valence-corrected chi connectivity index (χ2v) is 7.98. The van der Waals surface area contributed by atoms with E-state index in [9.17, 15) is 14.4 Å². The predicted octanol–water partition coefficient (Wildman–Crippen LogP) is 2.24. The topological polar surface area (TPSA) is 103 Å². The number of nitrogens with zero attached hydrogens (tertiary/aromatic N) is 3. The first-order chi connectivity index (χ1) is 16.0. The summed E-state index contributed by atoms with van der Waals surface area (Å²) in [6.45, 7) is 2.55. The molecule has 3 aromatic rings. The first-order valence-electron chi connectivity index (χ1n) is 10.7. The molecule has 0 fully saturated rings. The number of nitrogens with one attached hydrogen (secondary N) is 1. The van der Waals surface area contributed by atoms with Crippen LogP contribution in [0.25, 0.3) is 0 Å². The van der Waals surface area contributed by atoms with Crippen LogP contribution in [0.2, 0.25) is 0 Å². The molecule has 9 nitrogen and oxygen atoms in total. The molecule has 1 atom stereocenters. The number of hydrogen-bond acceptors (Lipinski definition) is 6. The highest BCUT2D eigenvalue weighted by atomic mass is 16.6. The lowest BCUT2D eigenvalue weighted by molar-refractivity contribution is -0.117. The third kappa shape index (κ3) is 4.05. The lowest BCUT2D eigenvalue weighted by Gasteiger charge is -2.22. The van der Waals surface area contributed by atoms with Crippen molar-refractivity contribution in [2.45, 2.75) is 25.9 Å². The lowest BCUT2D eigenvalue weighted by atomic mass is 10.1. The molecule has 168 valence electrons. The Morgan fingerprint density at radius 3 is 2.70 bits per heavy atom. The van der Waals surface area contributed by atoms with E-state index in [2.05, 4.69) is 10.4 Å². The first-order valence-corrected chi connectivity index (χ1v) is 10.7. The van der Waals surface area contributed by atoms with Gasteiger partial charge in [-0.3, -0.25) is 14.4 Å². The predicted molar refractivity (Wildman–Crippen MR) is 121 cm³/mol. The zero-order chi connectivity index (χ0) is 22.9. The molecule has 1 N–H and O–H groups in total. The number of aromatic nitrogens is 2. The molecule has 5 rings (SSSR count). The molecule has 2 aromatic carbocycles. The Morgan fingerprint density at radius 1 is 1.06 bits per heavy atom. The average Bonchev–Trinajstić information content (AvgIpc) is 3.15. The van der Waals surface area contributed by atoms with Gasteiger partial charge in [0.25, 0.3) is 11.5 Å². The summed E-state index contributed by atoms with van der Waals surface area (Å²) >= 11 is 0. The standard InChI is InChI=1S/C24H22N4O5/c1-15-12-16-4-2-3-5-19(16)28(15)24(31)18-7-9-23(30)27(26-18)14-22(29)25-17-6-8-20-21(13-17)33-11-10-32-20/h2-9,13,15H,10-12,14H2,1H3,(H,25,29)/t15-/m0/s1. The zero-order valence-electron chi connectivity index (χ0n) is 18.0. The Labute approximate surface area is 189 Å². The van der Waals surface area contributed by atoms with Gasteiger partial charge in [-0.15, -0.1) is 0 Å². The molecule has 0 unspecified atom stereocenters. The minimum absolute atomic E-state index is 0.0319. The molecule has 0 radical (unpaired) electrons. The van der Waals surface area contributed by atoms with Crippen LogP contribution in [0.1, 0.15) is 23.0 Å². The van der Waals surface area contributed by atoms with Crippen LogP contribution < -0.4 is 25.2 Å². The van der Waals surface area contributed by atoms with Crippen molar-refractivity contribution in [1.29, 1.82) is 0 Å². The fourth-order valence-corrected chi connectivity index (χ4v) is 4.13. The van der Waals surface area contributed by atoms with Gasteiger partial charge in [0.15, 0.2) is 11.5 Å². The number of carbonyl (C=O) groups is 2. The van der Waals surface area contributed by atoms with Crippen LogP contribution in [0.5, 0.6) is 11.5 Å².